The first kappa shape index (κ1) is 56.9. The average Bonchev–Trinajstić information content (AvgIpc) is 3.20. The van der Waals surface area contributed by atoms with E-state index in [4.69, 9.17) is 18.5 Å². The number of phosphoric acid groups is 1. The number of quaternary nitrogens is 1. The minimum absolute atomic E-state index is 0.0485. The average molecular weight is 858 g/mol. The molecule has 0 rings (SSSR count). The van der Waals surface area contributed by atoms with Crippen LogP contribution in [0.25, 0.3) is 0 Å². The normalized spacial score (nSPS) is 14.4. The molecule has 0 radical (unpaired) electrons. The molecule has 0 aliphatic heterocycles. The van der Waals surface area contributed by atoms with E-state index in [1.807, 2.05) is 21.1 Å². The molecule has 0 aliphatic carbocycles. The molecule has 0 aromatic rings. The second-order valence-corrected chi connectivity index (χ2v) is 17.5. The predicted octanol–water partition coefficient (Wildman–Crippen LogP) is 12.7. The van der Waals surface area contributed by atoms with Gasteiger partial charge in [0.1, 0.15) is 19.8 Å². The Balaban J connectivity index is 4.49. The van der Waals surface area contributed by atoms with E-state index in [1.54, 1.807) is 0 Å². The molecule has 60 heavy (non-hydrogen) atoms. The Kier molecular flexibility index (Phi) is 39.2. The van der Waals surface area contributed by atoms with Crippen molar-refractivity contribution in [3.8, 4) is 0 Å². The van der Waals surface area contributed by atoms with Crippen LogP contribution >= 0.6 is 7.82 Å². The van der Waals surface area contributed by atoms with Crippen LogP contribution in [0.15, 0.2) is 97.2 Å². The van der Waals surface area contributed by atoms with Gasteiger partial charge < -0.3 is 27.9 Å². The Labute approximate surface area is 366 Å². The number of allylic oxidation sites excluding steroid dienone is 16. The van der Waals surface area contributed by atoms with Crippen LogP contribution in [0, 0.1) is 0 Å². The Morgan fingerprint density at radius 2 is 0.933 bits per heavy atom. The van der Waals surface area contributed by atoms with Crippen molar-refractivity contribution in [1.82, 2.24) is 0 Å². The maximum atomic E-state index is 12.7. The van der Waals surface area contributed by atoms with Gasteiger partial charge in [-0.1, -0.05) is 143 Å². The zero-order valence-corrected chi connectivity index (χ0v) is 39.3. The van der Waals surface area contributed by atoms with Gasteiger partial charge in [0.2, 0.25) is 0 Å². The number of phosphoric ester groups is 1. The summed E-state index contributed by atoms with van der Waals surface area (Å²) in [5.41, 5.74) is 0. The van der Waals surface area contributed by atoms with Gasteiger partial charge in [-0.15, -0.1) is 0 Å². The number of rotatable bonds is 40. The van der Waals surface area contributed by atoms with E-state index in [0.717, 1.165) is 83.5 Å². The van der Waals surface area contributed by atoms with Gasteiger partial charge in [0, 0.05) is 12.8 Å². The van der Waals surface area contributed by atoms with E-state index in [2.05, 4.69) is 111 Å². The number of carbonyl (C=O) groups is 2. The van der Waals surface area contributed by atoms with Gasteiger partial charge in [-0.3, -0.25) is 14.2 Å². The van der Waals surface area contributed by atoms with E-state index < -0.39 is 32.5 Å². The van der Waals surface area contributed by atoms with E-state index in [0.29, 0.717) is 23.9 Å². The van der Waals surface area contributed by atoms with Crippen molar-refractivity contribution in [3.05, 3.63) is 97.2 Å². The highest BCUT2D eigenvalue weighted by Crippen LogP contribution is 2.38. The second kappa shape index (κ2) is 41.3. The van der Waals surface area contributed by atoms with Gasteiger partial charge in [-0.2, -0.15) is 0 Å². The molecular formula is C50H84NO8P. The monoisotopic (exact) mass is 858 g/mol. The van der Waals surface area contributed by atoms with Crippen molar-refractivity contribution >= 4 is 19.8 Å². The highest BCUT2D eigenvalue weighted by molar-refractivity contribution is 7.45. The summed E-state index contributed by atoms with van der Waals surface area (Å²) in [5, 5.41) is 0. The standard InChI is InChI=1S/C50H84NO8P/c1-6-8-10-12-14-16-18-20-22-24-25-27-29-31-33-35-37-39-41-43-50(53)59-48(47-58-60(54,55)57-45-44-51(3,4)5)46-56-49(52)42-40-38-36-34-32-30-28-26-23-21-19-17-15-13-11-9-7-2/h11,13-14,16-17,19-20,22-23,25-27,30-33,48H,6-10,12,15,18,21,24,28-29,34-47H2,1-5H3/b13-11+,16-14+,19-17+,22-20+,26-23+,27-25+,32-30+,33-31+/t48-/m1/s1. The zero-order chi connectivity index (χ0) is 44.3. The molecule has 0 aromatic carbocycles. The molecular weight excluding hydrogens is 774 g/mol. The lowest BCUT2D eigenvalue weighted by Gasteiger charge is -2.28. The molecule has 0 aliphatic rings. The fourth-order valence-electron chi connectivity index (χ4n) is 5.45. The summed E-state index contributed by atoms with van der Waals surface area (Å²) in [5.74, 6) is -0.917. The SMILES string of the molecule is CCC/C=C/C/C=C/C/C=C/C/C=C/CCCCCC(=O)OC[C@H](COP(=O)([O-])OCC[N+](C)(C)C)OC(=O)CCCCC/C=C/C/C=C/C/C=C/C/C=C/CCCCC. The molecule has 9 nitrogen and oxygen atoms in total. The summed E-state index contributed by atoms with van der Waals surface area (Å²) in [7, 11) is 1.11. The molecule has 0 amide bonds. The molecule has 0 saturated carbocycles. The first-order valence-corrected chi connectivity index (χ1v) is 24.4. The number of likely N-dealkylation sites (N-methyl/N-ethyl adjacent to an activating group) is 1. The van der Waals surface area contributed by atoms with Gasteiger partial charge in [-0.25, -0.2) is 0 Å². The molecule has 0 saturated heterocycles. The summed E-state index contributed by atoms with van der Waals surface area (Å²) in [6, 6.07) is 0. The highest BCUT2D eigenvalue weighted by atomic mass is 31.2. The zero-order valence-electron chi connectivity index (χ0n) is 38.4. The third kappa shape index (κ3) is 44.5. The maximum absolute atomic E-state index is 12.7. The van der Waals surface area contributed by atoms with Crippen LogP contribution in [0.5, 0.6) is 0 Å². The van der Waals surface area contributed by atoms with Crippen LogP contribution < -0.4 is 4.89 Å². The highest BCUT2D eigenvalue weighted by Gasteiger charge is 2.21. The van der Waals surface area contributed by atoms with Crippen LogP contribution in [0.3, 0.4) is 0 Å². The van der Waals surface area contributed by atoms with Gasteiger partial charge in [-0.05, 0) is 96.3 Å². The Morgan fingerprint density at radius 1 is 0.517 bits per heavy atom. The molecule has 0 aromatic heterocycles. The van der Waals surface area contributed by atoms with Crippen LogP contribution in [0.1, 0.15) is 155 Å². The molecule has 0 spiro atoms. The summed E-state index contributed by atoms with van der Waals surface area (Å²) in [6.45, 7) is 4.03. The lowest BCUT2D eigenvalue weighted by atomic mass is 10.1. The number of nitrogens with zero attached hydrogens (tertiary/aromatic N) is 1. The molecule has 0 fully saturated rings. The fourth-order valence-corrected chi connectivity index (χ4v) is 6.18. The van der Waals surface area contributed by atoms with E-state index in [9.17, 15) is 19.0 Å². The number of hydrogen-bond donors (Lipinski definition) is 0. The molecule has 0 bridgehead atoms. The molecule has 10 heteroatoms. The van der Waals surface area contributed by atoms with Gasteiger partial charge in [0.25, 0.3) is 7.82 Å². The minimum atomic E-state index is -4.65. The number of ether oxygens (including phenoxy) is 2. The lowest BCUT2D eigenvalue weighted by Crippen LogP contribution is -2.37. The smallest absolute Gasteiger partial charge is 0.306 e. The number of esters is 2. The lowest BCUT2D eigenvalue weighted by molar-refractivity contribution is -0.870. The molecule has 1 unspecified atom stereocenters. The van der Waals surface area contributed by atoms with Crippen molar-refractivity contribution in [1.29, 1.82) is 0 Å². The number of hydrogen-bond acceptors (Lipinski definition) is 8. The van der Waals surface area contributed by atoms with Crippen LogP contribution in [0.2, 0.25) is 0 Å². The van der Waals surface area contributed by atoms with Crippen LogP contribution in [-0.2, 0) is 32.7 Å². The maximum Gasteiger partial charge on any atom is 0.306 e. The first-order chi connectivity index (χ1) is 29.0. The quantitative estimate of drug-likeness (QED) is 0.0197. The van der Waals surface area contributed by atoms with Crippen molar-refractivity contribution in [3.63, 3.8) is 0 Å². The first-order valence-electron chi connectivity index (χ1n) is 22.9. The van der Waals surface area contributed by atoms with Gasteiger partial charge in [0.15, 0.2) is 6.10 Å². The Morgan fingerprint density at radius 3 is 1.37 bits per heavy atom. The number of unbranched alkanes of at least 4 members (excludes halogenated alkanes) is 10. The van der Waals surface area contributed by atoms with Crippen LogP contribution in [-0.4, -0.2) is 70.0 Å². The molecule has 0 N–H and O–H groups in total. The van der Waals surface area contributed by atoms with Gasteiger partial charge in [0.05, 0.1) is 27.7 Å². The number of carbonyl (C=O) groups excluding carboxylic acids is 2. The topological polar surface area (TPSA) is 111 Å². The van der Waals surface area contributed by atoms with Crippen molar-refractivity contribution in [2.45, 2.75) is 161 Å². The predicted molar refractivity (Wildman–Crippen MR) is 249 cm³/mol. The van der Waals surface area contributed by atoms with Gasteiger partial charge >= 0.3 is 11.9 Å². The van der Waals surface area contributed by atoms with Crippen LogP contribution in [0.4, 0.5) is 0 Å². The van der Waals surface area contributed by atoms with E-state index in [1.165, 1.54) is 32.1 Å². The molecule has 0 heterocycles. The summed E-state index contributed by atoms with van der Waals surface area (Å²) in [6.07, 6.45) is 54.3. The van der Waals surface area contributed by atoms with Crippen molar-refractivity contribution in [2.24, 2.45) is 0 Å². The Bertz CT molecular complexity index is 1340. The third-order valence-electron chi connectivity index (χ3n) is 9.06. The molecule has 2 atom stereocenters. The summed E-state index contributed by atoms with van der Waals surface area (Å²) in [4.78, 5) is 37.6. The van der Waals surface area contributed by atoms with Crippen molar-refractivity contribution in [2.75, 3.05) is 47.5 Å². The second-order valence-electron chi connectivity index (χ2n) is 16.1. The molecule has 342 valence electrons. The third-order valence-corrected chi connectivity index (χ3v) is 10.0. The summed E-state index contributed by atoms with van der Waals surface area (Å²) >= 11 is 0. The fraction of sp³-hybridized carbons (Fsp3) is 0.640. The largest absolute Gasteiger partial charge is 0.756 e. The van der Waals surface area contributed by atoms with E-state index in [-0.39, 0.29) is 26.1 Å². The minimum Gasteiger partial charge on any atom is -0.756 e. The van der Waals surface area contributed by atoms with E-state index >= 15 is 0 Å². The van der Waals surface area contributed by atoms with Crippen molar-refractivity contribution < 1.29 is 42.1 Å². The Hall–Kier alpha value is -3.07. The summed E-state index contributed by atoms with van der Waals surface area (Å²) < 4.78 is 33.9.